The molecule has 0 fully saturated rings. The Morgan fingerprint density at radius 2 is 2.12 bits per heavy atom. The molecule has 0 spiro atoms. The van der Waals surface area contributed by atoms with Crippen LogP contribution in [0.3, 0.4) is 0 Å². The number of hydrogen-bond acceptors (Lipinski definition) is 7. The van der Waals surface area contributed by atoms with Crippen LogP contribution in [-0.2, 0) is 11.3 Å². The zero-order chi connectivity index (χ0) is 23.6. The molecule has 0 saturated heterocycles. The number of ketones is 1. The van der Waals surface area contributed by atoms with Gasteiger partial charge >= 0.3 is 5.97 Å². The van der Waals surface area contributed by atoms with Gasteiger partial charge in [-0.2, -0.15) is 4.37 Å². The maximum absolute atomic E-state index is 15.0. The fourth-order valence-corrected chi connectivity index (χ4v) is 5.17. The molecule has 2 aromatic carbocycles. The summed E-state index contributed by atoms with van der Waals surface area (Å²) in [4.78, 5) is 29.5. The average molecular weight is 474 g/mol. The summed E-state index contributed by atoms with van der Waals surface area (Å²) in [6.07, 6.45) is 4.19. The molecule has 0 saturated carbocycles. The molecule has 3 N–H and O–H groups in total. The quantitative estimate of drug-likeness (QED) is 0.384. The predicted molar refractivity (Wildman–Crippen MR) is 128 cm³/mol. The number of aromatic carboxylic acids is 1. The highest BCUT2D eigenvalue weighted by Gasteiger charge is 2.31. The van der Waals surface area contributed by atoms with Crippen LogP contribution < -0.4 is 5.73 Å². The minimum absolute atomic E-state index is 0.0428. The molecule has 0 atom stereocenters. The molecular weight excluding hydrogens is 459 g/mol. The van der Waals surface area contributed by atoms with Crippen molar-refractivity contribution >= 4 is 72.8 Å². The number of nitrogen functional groups attached to an aromatic ring is 1. The summed E-state index contributed by atoms with van der Waals surface area (Å²) < 4.78 is 27.1. The third-order valence-electron chi connectivity index (χ3n) is 5.98. The summed E-state index contributed by atoms with van der Waals surface area (Å²) in [7, 11) is 0. The van der Waals surface area contributed by atoms with Crippen LogP contribution in [0.4, 0.5) is 10.2 Å². The zero-order valence-corrected chi connectivity index (χ0v) is 18.2. The number of hydrogen-bond donors (Lipinski definition) is 2. The summed E-state index contributed by atoms with van der Waals surface area (Å²) >= 11 is 1.27. The van der Waals surface area contributed by atoms with Crippen molar-refractivity contribution in [2.24, 2.45) is 4.99 Å². The summed E-state index contributed by atoms with van der Waals surface area (Å²) in [6, 6.07) is 8.29. The van der Waals surface area contributed by atoms with Crippen LogP contribution in [-0.4, -0.2) is 32.0 Å². The molecule has 0 bridgehead atoms. The molecule has 34 heavy (non-hydrogen) atoms. The molecule has 0 aliphatic carbocycles. The number of nitrogens with two attached hydrogens (primary N) is 1. The molecule has 3 aromatic heterocycles. The molecule has 0 radical (unpaired) electrons. The van der Waals surface area contributed by atoms with Crippen LogP contribution in [0.5, 0.6) is 0 Å². The van der Waals surface area contributed by atoms with Crippen molar-refractivity contribution in [1.29, 1.82) is 0 Å². The van der Waals surface area contributed by atoms with E-state index in [-0.39, 0.29) is 46.5 Å². The smallest absolute Gasteiger partial charge is 0.353 e. The number of nitrogens with zero attached hydrogens (tertiary/aromatic N) is 3. The number of halogens is 1. The number of carboxylic acids is 1. The van der Waals surface area contributed by atoms with Crippen molar-refractivity contribution in [2.75, 3.05) is 5.73 Å². The number of benzene rings is 2. The van der Waals surface area contributed by atoms with Crippen LogP contribution in [0.2, 0.25) is 0 Å². The van der Waals surface area contributed by atoms with E-state index < -0.39 is 11.8 Å². The van der Waals surface area contributed by atoms with E-state index in [2.05, 4.69) is 9.37 Å². The number of aliphatic imine (C=N–C) groups is 1. The fraction of sp³-hybridized carbons (Fsp3) is 0.0833. The van der Waals surface area contributed by atoms with Crippen molar-refractivity contribution < 1.29 is 23.5 Å². The third-order valence-corrected chi connectivity index (χ3v) is 6.82. The molecule has 0 amide bonds. The lowest BCUT2D eigenvalue weighted by Gasteiger charge is -2.11. The van der Waals surface area contributed by atoms with Gasteiger partial charge in [0, 0.05) is 41.9 Å². The molecular formula is C24H15FN4O4S. The first kappa shape index (κ1) is 20.3. The van der Waals surface area contributed by atoms with Gasteiger partial charge in [0.2, 0.25) is 0 Å². The number of allylic oxidation sites excluding steroid dienone is 1. The first-order valence-electron chi connectivity index (χ1n) is 10.3. The van der Waals surface area contributed by atoms with Gasteiger partial charge < -0.3 is 19.8 Å². The molecule has 4 heterocycles. The number of carbonyl (C=O) groups is 2. The van der Waals surface area contributed by atoms with Gasteiger partial charge in [-0.15, -0.1) is 0 Å². The first-order chi connectivity index (χ1) is 16.4. The second-order valence-corrected chi connectivity index (χ2v) is 8.74. The van der Waals surface area contributed by atoms with E-state index in [1.165, 1.54) is 46.9 Å². The summed E-state index contributed by atoms with van der Waals surface area (Å²) in [6.45, 7) is 0.0970. The van der Waals surface area contributed by atoms with E-state index in [1.807, 2.05) is 18.2 Å². The Labute approximate surface area is 194 Å². The Bertz CT molecular complexity index is 1740. The van der Waals surface area contributed by atoms with Gasteiger partial charge in [0.1, 0.15) is 22.9 Å². The van der Waals surface area contributed by atoms with Crippen LogP contribution in [0.25, 0.3) is 37.5 Å². The predicted octanol–water partition coefficient (Wildman–Crippen LogP) is 4.85. The molecule has 6 rings (SSSR count). The van der Waals surface area contributed by atoms with Crippen LogP contribution >= 0.6 is 11.5 Å². The summed E-state index contributed by atoms with van der Waals surface area (Å²) in [5, 5.41) is 11.6. The molecule has 10 heteroatoms. The third kappa shape index (κ3) is 2.88. The van der Waals surface area contributed by atoms with Crippen molar-refractivity contribution in [3.63, 3.8) is 0 Å². The van der Waals surface area contributed by atoms with Crippen LogP contribution in [0, 0.1) is 5.82 Å². The first-order valence-corrected chi connectivity index (χ1v) is 11.1. The zero-order valence-electron chi connectivity index (χ0n) is 17.4. The monoisotopic (exact) mass is 474 g/mol. The number of rotatable bonds is 4. The van der Waals surface area contributed by atoms with E-state index in [4.69, 9.17) is 10.2 Å². The Balaban J connectivity index is 1.70. The lowest BCUT2D eigenvalue weighted by Crippen LogP contribution is -2.14. The molecule has 168 valence electrons. The largest absolute Gasteiger partial charge is 0.477 e. The van der Waals surface area contributed by atoms with Gasteiger partial charge in [-0.3, -0.25) is 9.79 Å². The van der Waals surface area contributed by atoms with E-state index in [0.717, 1.165) is 15.6 Å². The van der Waals surface area contributed by atoms with Gasteiger partial charge in [0.25, 0.3) is 0 Å². The van der Waals surface area contributed by atoms with Crippen molar-refractivity contribution in [2.45, 2.75) is 13.0 Å². The highest BCUT2D eigenvalue weighted by molar-refractivity contribution is 7.13. The number of Topliss-reactive ketones (excluding diaryl/α,β-unsaturated/α-hetero) is 1. The molecule has 5 aromatic rings. The van der Waals surface area contributed by atoms with Gasteiger partial charge in [-0.05, 0) is 41.4 Å². The number of carbonyl (C=O) groups excluding carboxylic acids is 1. The number of furan rings is 1. The second kappa shape index (κ2) is 7.35. The van der Waals surface area contributed by atoms with E-state index in [9.17, 15) is 19.1 Å². The molecule has 0 unspecified atom stereocenters. The maximum atomic E-state index is 15.0. The van der Waals surface area contributed by atoms with E-state index in [1.54, 1.807) is 0 Å². The number of fused-ring (bicyclic) bond motifs is 4. The molecule has 1 aliphatic heterocycles. The van der Waals surface area contributed by atoms with Gasteiger partial charge in [0.15, 0.2) is 5.78 Å². The van der Waals surface area contributed by atoms with Gasteiger partial charge in [-0.1, -0.05) is 6.07 Å². The lowest BCUT2D eigenvalue weighted by atomic mass is 9.96. The Morgan fingerprint density at radius 3 is 2.91 bits per heavy atom. The average Bonchev–Trinajstić information content (AvgIpc) is 3.51. The van der Waals surface area contributed by atoms with Crippen LogP contribution in [0.1, 0.15) is 28.0 Å². The number of aromatic nitrogens is 2. The topological polar surface area (TPSA) is 124 Å². The number of carboxylic acid groups (broad SMARTS) is 1. The Hall–Kier alpha value is -4.31. The standard InChI is InChI=1S/C24H15FN4O4S/c25-15-8-16-20(22-12(15)4-6-33-22)19(14-9-27-5-3-17(14)30)21(24(31)32)29(16)10-11-1-2-18-13(7-11)23(26)28-34-18/h1-2,4-9H,3,10H2,(H2,26,28)(H,31,32). The molecule has 1 aliphatic rings. The lowest BCUT2D eigenvalue weighted by molar-refractivity contribution is -0.112. The summed E-state index contributed by atoms with van der Waals surface area (Å²) in [5.74, 6) is -1.70. The fourth-order valence-electron chi connectivity index (χ4n) is 4.49. The SMILES string of the molecule is Nc1nsc2ccc(Cn3c(C(=O)O)c(C4=CN=CCC4=O)c4c5occc5c(F)cc43)cc12. The Morgan fingerprint density at radius 1 is 1.26 bits per heavy atom. The summed E-state index contributed by atoms with van der Waals surface area (Å²) in [5.41, 5.74) is 7.36. The number of anilines is 1. The van der Waals surface area contributed by atoms with Crippen molar-refractivity contribution in [3.8, 4) is 0 Å². The van der Waals surface area contributed by atoms with Crippen LogP contribution in [0.15, 0.2) is 52.2 Å². The van der Waals surface area contributed by atoms with Crippen molar-refractivity contribution in [1.82, 2.24) is 8.94 Å². The van der Waals surface area contributed by atoms with Gasteiger partial charge in [0.05, 0.1) is 27.3 Å². The minimum atomic E-state index is -1.26. The Kier molecular flexibility index (Phi) is 4.39. The van der Waals surface area contributed by atoms with Gasteiger partial charge in [-0.25, -0.2) is 9.18 Å². The van der Waals surface area contributed by atoms with E-state index in [0.29, 0.717) is 16.7 Å². The minimum Gasteiger partial charge on any atom is -0.477 e. The maximum Gasteiger partial charge on any atom is 0.353 e. The highest BCUT2D eigenvalue weighted by Crippen LogP contribution is 2.40. The normalized spacial score (nSPS) is 13.9. The second-order valence-electron chi connectivity index (χ2n) is 7.93. The van der Waals surface area contributed by atoms with E-state index >= 15 is 0 Å². The molecule has 8 nitrogen and oxygen atoms in total. The van der Waals surface area contributed by atoms with Crippen molar-refractivity contribution in [3.05, 3.63) is 65.4 Å². The highest BCUT2D eigenvalue weighted by atomic mass is 32.1.